The van der Waals surface area contributed by atoms with Crippen LogP contribution in [0.1, 0.15) is 43.1 Å². The Kier molecular flexibility index (Phi) is 4.23. The van der Waals surface area contributed by atoms with E-state index in [-0.39, 0.29) is 0 Å². The van der Waals surface area contributed by atoms with Gasteiger partial charge in [0.05, 0.1) is 11.9 Å². The zero-order chi connectivity index (χ0) is 18.2. The molecule has 9 nitrogen and oxygen atoms in total. The quantitative estimate of drug-likeness (QED) is 0.686. The van der Waals surface area contributed by atoms with E-state index in [0.717, 1.165) is 68.5 Å². The van der Waals surface area contributed by atoms with Crippen molar-refractivity contribution >= 4 is 11.5 Å². The lowest BCUT2D eigenvalue weighted by atomic mass is 9.96. The van der Waals surface area contributed by atoms with E-state index in [9.17, 15) is 0 Å². The van der Waals surface area contributed by atoms with Gasteiger partial charge in [-0.05, 0) is 50.9 Å². The molecule has 0 spiro atoms. The molecule has 142 valence electrons. The average molecular weight is 367 g/mol. The smallest absolute Gasteiger partial charge is 0.178 e. The predicted molar refractivity (Wildman–Crippen MR) is 100 cm³/mol. The second kappa shape index (κ2) is 6.88. The summed E-state index contributed by atoms with van der Waals surface area (Å²) in [7, 11) is 1.86. The lowest BCUT2D eigenvalue weighted by Crippen LogP contribution is -2.33. The number of aromatic nitrogens is 7. The van der Waals surface area contributed by atoms with Crippen molar-refractivity contribution in [2.75, 3.05) is 31.1 Å². The number of nitrogens with zero attached hydrogens (tertiary/aromatic N) is 9. The number of rotatable bonds is 4. The molecule has 0 aliphatic carbocycles. The molecule has 2 fully saturated rings. The molecule has 3 aromatic heterocycles. The van der Waals surface area contributed by atoms with Crippen molar-refractivity contribution in [2.24, 2.45) is 7.05 Å². The molecular weight excluding hydrogens is 342 g/mol. The first-order chi connectivity index (χ1) is 13.3. The molecule has 0 amide bonds. The molecule has 2 saturated heterocycles. The Morgan fingerprint density at radius 3 is 2.56 bits per heavy atom. The molecule has 0 bridgehead atoms. The zero-order valence-corrected chi connectivity index (χ0v) is 15.7. The fourth-order valence-electron chi connectivity index (χ4n) is 4.20. The van der Waals surface area contributed by atoms with Gasteiger partial charge >= 0.3 is 0 Å². The molecule has 0 atom stereocenters. The van der Waals surface area contributed by atoms with E-state index in [4.69, 9.17) is 5.10 Å². The van der Waals surface area contributed by atoms with Gasteiger partial charge in [0.25, 0.3) is 0 Å². The molecule has 0 aromatic carbocycles. The van der Waals surface area contributed by atoms with Gasteiger partial charge < -0.3 is 4.90 Å². The van der Waals surface area contributed by atoms with Crippen LogP contribution in [0.25, 0.3) is 5.65 Å². The number of hydrogen-bond acceptors (Lipinski definition) is 7. The first-order valence-electron chi connectivity index (χ1n) is 9.81. The third-order valence-corrected chi connectivity index (χ3v) is 5.69. The Balaban J connectivity index is 1.30. The third-order valence-electron chi connectivity index (χ3n) is 5.69. The van der Waals surface area contributed by atoms with Crippen LogP contribution in [0.4, 0.5) is 5.82 Å². The monoisotopic (exact) mass is 367 g/mol. The van der Waals surface area contributed by atoms with E-state index in [0.29, 0.717) is 5.92 Å². The van der Waals surface area contributed by atoms with Crippen molar-refractivity contribution in [1.82, 2.24) is 39.7 Å². The lowest BCUT2D eigenvalue weighted by Gasteiger charge is -2.30. The van der Waals surface area contributed by atoms with Gasteiger partial charge in [-0.3, -0.25) is 4.90 Å². The summed E-state index contributed by atoms with van der Waals surface area (Å²) in [5.41, 5.74) is 1.87. The highest BCUT2D eigenvalue weighted by atomic mass is 15.5. The summed E-state index contributed by atoms with van der Waals surface area (Å²) in [6, 6.07) is 4.11. The van der Waals surface area contributed by atoms with E-state index < -0.39 is 0 Å². The molecule has 5 rings (SSSR count). The molecule has 3 aromatic rings. The maximum absolute atomic E-state index is 4.86. The second-order valence-electron chi connectivity index (χ2n) is 7.59. The van der Waals surface area contributed by atoms with Crippen LogP contribution in [0.2, 0.25) is 0 Å². The third kappa shape index (κ3) is 3.27. The number of fused-ring (bicyclic) bond motifs is 1. The number of likely N-dealkylation sites (tertiary alicyclic amines) is 1. The summed E-state index contributed by atoms with van der Waals surface area (Å²) < 4.78 is 1.97. The first kappa shape index (κ1) is 16.6. The number of aryl methyl sites for hydroxylation is 1. The van der Waals surface area contributed by atoms with E-state index in [2.05, 4.69) is 36.3 Å². The van der Waals surface area contributed by atoms with Crippen molar-refractivity contribution in [1.29, 1.82) is 0 Å². The highest BCUT2D eigenvalue weighted by Crippen LogP contribution is 2.28. The largest absolute Gasteiger partial charge is 0.355 e. The van der Waals surface area contributed by atoms with E-state index in [1.807, 2.05) is 23.8 Å². The lowest BCUT2D eigenvalue weighted by molar-refractivity contribution is 0.198. The van der Waals surface area contributed by atoms with Crippen LogP contribution in [0.3, 0.4) is 0 Å². The van der Waals surface area contributed by atoms with Crippen molar-refractivity contribution in [3.8, 4) is 0 Å². The molecule has 5 heterocycles. The van der Waals surface area contributed by atoms with Gasteiger partial charge in [-0.1, -0.05) is 0 Å². The number of piperidine rings is 1. The fourth-order valence-corrected chi connectivity index (χ4v) is 4.20. The summed E-state index contributed by atoms with van der Waals surface area (Å²) in [5, 5.41) is 22.2. The summed E-state index contributed by atoms with van der Waals surface area (Å²) in [4.78, 5) is 6.41. The van der Waals surface area contributed by atoms with Crippen molar-refractivity contribution in [3.63, 3.8) is 0 Å². The van der Waals surface area contributed by atoms with E-state index in [1.54, 1.807) is 4.80 Å². The molecule has 0 N–H and O–H groups in total. The normalized spacial score (nSPS) is 19.4. The number of hydrogen-bond donors (Lipinski definition) is 0. The average Bonchev–Trinajstić information content (AvgIpc) is 3.43. The summed E-state index contributed by atoms with van der Waals surface area (Å²) in [6.07, 6.45) is 6.48. The molecule has 9 heteroatoms. The molecule has 0 unspecified atom stereocenters. The van der Waals surface area contributed by atoms with Gasteiger partial charge in [-0.15, -0.1) is 15.3 Å². The van der Waals surface area contributed by atoms with E-state index in [1.165, 1.54) is 12.8 Å². The van der Waals surface area contributed by atoms with Crippen LogP contribution >= 0.6 is 0 Å². The highest BCUT2D eigenvalue weighted by Gasteiger charge is 2.26. The predicted octanol–water partition coefficient (Wildman–Crippen LogP) is 1.23. The molecule has 27 heavy (non-hydrogen) atoms. The molecule has 2 aliphatic heterocycles. The van der Waals surface area contributed by atoms with Crippen LogP contribution < -0.4 is 4.90 Å². The van der Waals surface area contributed by atoms with Crippen LogP contribution in [-0.2, 0) is 13.6 Å². The zero-order valence-electron chi connectivity index (χ0n) is 15.7. The van der Waals surface area contributed by atoms with Crippen molar-refractivity contribution in [2.45, 2.75) is 38.1 Å². The first-order valence-corrected chi connectivity index (χ1v) is 9.81. The SMILES string of the molecule is Cn1ncc(CN2CCC(c3nnc4ccc(N5CCCC5)nn34)CC2)n1. The van der Waals surface area contributed by atoms with Gasteiger partial charge in [0.1, 0.15) is 5.82 Å². The maximum Gasteiger partial charge on any atom is 0.178 e. The minimum Gasteiger partial charge on any atom is -0.355 e. The molecular formula is C18H25N9. The minimum absolute atomic E-state index is 0.402. The fraction of sp³-hybridized carbons (Fsp3) is 0.611. The maximum atomic E-state index is 4.86. The summed E-state index contributed by atoms with van der Waals surface area (Å²) in [5.74, 6) is 2.45. The standard InChI is InChI=1S/C18H25N9/c1-24-19-12-15(22-24)13-25-10-6-14(7-11-25)18-21-20-16-4-5-17(23-27(16)18)26-8-2-3-9-26/h4-5,12,14H,2-3,6-11,13H2,1H3. The van der Waals surface area contributed by atoms with Gasteiger partial charge in [-0.25, -0.2) is 0 Å². The van der Waals surface area contributed by atoms with Gasteiger partial charge in [0, 0.05) is 32.6 Å². The second-order valence-corrected chi connectivity index (χ2v) is 7.59. The van der Waals surface area contributed by atoms with Gasteiger partial charge in [0.2, 0.25) is 0 Å². The van der Waals surface area contributed by atoms with Crippen LogP contribution in [0, 0.1) is 0 Å². The van der Waals surface area contributed by atoms with Crippen LogP contribution in [0.15, 0.2) is 18.3 Å². The molecule has 0 saturated carbocycles. The summed E-state index contributed by atoms with van der Waals surface area (Å²) >= 11 is 0. The van der Waals surface area contributed by atoms with Crippen molar-refractivity contribution in [3.05, 3.63) is 29.8 Å². The van der Waals surface area contributed by atoms with Gasteiger partial charge in [-0.2, -0.15) is 19.5 Å². The Bertz CT molecular complexity index is 916. The van der Waals surface area contributed by atoms with Crippen LogP contribution in [0.5, 0.6) is 0 Å². The van der Waals surface area contributed by atoms with Gasteiger partial charge in [0.15, 0.2) is 11.5 Å². The topological polar surface area (TPSA) is 80.3 Å². The minimum atomic E-state index is 0.402. The Morgan fingerprint density at radius 1 is 1.00 bits per heavy atom. The highest BCUT2D eigenvalue weighted by molar-refractivity contribution is 5.46. The molecule has 2 aliphatic rings. The number of anilines is 1. The Hall–Kier alpha value is -2.55. The Labute approximate surface area is 158 Å². The summed E-state index contributed by atoms with van der Waals surface area (Å²) in [6.45, 7) is 5.11. The van der Waals surface area contributed by atoms with E-state index >= 15 is 0 Å². The van der Waals surface area contributed by atoms with Crippen molar-refractivity contribution < 1.29 is 0 Å². The Morgan fingerprint density at radius 2 is 1.81 bits per heavy atom. The molecule has 0 radical (unpaired) electrons. The van der Waals surface area contributed by atoms with Crippen LogP contribution in [-0.4, -0.2) is 65.9 Å².